The molecule has 0 N–H and O–H groups in total. The van der Waals surface area contributed by atoms with E-state index in [4.69, 9.17) is 11.6 Å². The average Bonchev–Trinajstić information content (AvgIpc) is 2.50. The Morgan fingerprint density at radius 1 is 1.14 bits per heavy atom. The normalized spacial score (nSPS) is 25.0. The maximum atomic E-state index is 13.2. The maximum absolute atomic E-state index is 13.2. The molecule has 1 aliphatic carbocycles. The largest absolute Gasteiger partial charge is 0.371 e. The molecule has 0 spiro atoms. The molecule has 0 radical (unpaired) electrons. The number of alkyl halides is 2. The highest BCUT2D eigenvalue weighted by atomic mass is 35.5. The zero-order valence-corrected chi connectivity index (χ0v) is 13.0. The van der Waals surface area contributed by atoms with Crippen molar-refractivity contribution in [1.82, 2.24) is 0 Å². The molecule has 0 amide bonds. The number of halogens is 3. The van der Waals surface area contributed by atoms with Crippen LogP contribution in [-0.2, 0) is 4.79 Å². The Bertz CT molecular complexity index is 587. The van der Waals surface area contributed by atoms with E-state index in [0.29, 0.717) is 25.9 Å². The molecule has 2 aliphatic rings. The Kier molecular flexibility index (Phi) is 4.22. The lowest BCUT2D eigenvalue weighted by molar-refractivity contribution is -0.119. The number of anilines is 1. The van der Waals surface area contributed by atoms with E-state index in [2.05, 4.69) is 0 Å². The van der Waals surface area contributed by atoms with Gasteiger partial charge in [0, 0.05) is 49.0 Å². The van der Waals surface area contributed by atoms with Crippen LogP contribution in [0.1, 0.15) is 37.2 Å². The molecule has 1 saturated heterocycles. The molecule has 0 bridgehead atoms. The van der Waals surface area contributed by atoms with Gasteiger partial charge < -0.3 is 4.90 Å². The minimum Gasteiger partial charge on any atom is -0.371 e. The summed E-state index contributed by atoms with van der Waals surface area (Å²) in [5, 5.41) is 0.729. The van der Waals surface area contributed by atoms with Crippen molar-refractivity contribution in [3.8, 4) is 0 Å². The van der Waals surface area contributed by atoms with Crippen molar-refractivity contribution >= 4 is 23.1 Å². The summed E-state index contributed by atoms with van der Waals surface area (Å²) in [6, 6.07) is 7.66. The molecular weight excluding hydrogens is 308 g/mol. The monoisotopic (exact) mass is 325 g/mol. The molecule has 0 saturated carbocycles. The fourth-order valence-electron chi connectivity index (χ4n) is 3.06. The Balaban J connectivity index is 1.71. The van der Waals surface area contributed by atoms with Gasteiger partial charge in [-0.05, 0) is 24.1 Å². The van der Waals surface area contributed by atoms with E-state index < -0.39 is 5.92 Å². The fraction of sp³-hybridized carbons (Fsp3) is 0.471. The van der Waals surface area contributed by atoms with Gasteiger partial charge in [0.15, 0.2) is 0 Å². The molecule has 1 aromatic rings. The third kappa shape index (κ3) is 3.32. The second-order valence-corrected chi connectivity index (χ2v) is 6.50. The zero-order chi connectivity index (χ0) is 15.7. The molecule has 22 heavy (non-hydrogen) atoms. The topological polar surface area (TPSA) is 20.3 Å². The molecule has 5 heteroatoms. The summed E-state index contributed by atoms with van der Waals surface area (Å²) < 4.78 is 26.4. The minimum absolute atomic E-state index is 0.101. The van der Waals surface area contributed by atoms with Gasteiger partial charge in [0.05, 0.1) is 0 Å². The molecule has 118 valence electrons. The lowest BCUT2D eigenvalue weighted by atomic mass is 9.86. The highest BCUT2D eigenvalue weighted by Crippen LogP contribution is 2.34. The van der Waals surface area contributed by atoms with Gasteiger partial charge in [-0.15, -0.1) is 0 Å². The summed E-state index contributed by atoms with van der Waals surface area (Å²) in [7, 11) is 0. The summed E-state index contributed by atoms with van der Waals surface area (Å²) in [6.07, 6.45) is 2.50. The van der Waals surface area contributed by atoms with Crippen LogP contribution >= 0.6 is 11.6 Å². The van der Waals surface area contributed by atoms with E-state index in [1.165, 1.54) is 0 Å². The molecule has 1 aliphatic heterocycles. The predicted octanol–water partition coefficient (Wildman–Crippen LogP) is 4.49. The van der Waals surface area contributed by atoms with Crippen LogP contribution in [0.5, 0.6) is 0 Å². The van der Waals surface area contributed by atoms with Crippen molar-refractivity contribution in [3.63, 3.8) is 0 Å². The van der Waals surface area contributed by atoms with Crippen molar-refractivity contribution in [2.45, 2.75) is 37.5 Å². The average molecular weight is 326 g/mol. The van der Waals surface area contributed by atoms with E-state index in [9.17, 15) is 13.6 Å². The number of carbonyl (C=O) groups excluding carboxylic acids is 1. The predicted molar refractivity (Wildman–Crippen MR) is 83.8 cm³/mol. The summed E-state index contributed by atoms with van der Waals surface area (Å²) in [5.74, 6) is -2.54. The SMILES string of the molecule is O=C1CC=C(Cl)CC1c1ccc(N2CCC(F)(F)CC2)cc1. The van der Waals surface area contributed by atoms with Gasteiger partial charge >= 0.3 is 0 Å². The van der Waals surface area contributed by atoms with Crippen molar-refractivity contribution in [3.05, 3.63) is 40.9 Å². The molecule has 1 heterocycles. The van der Waals surface area contributed by atoms with Gasteiger partial charge in [0.1, 0.15) is 5.78 Å². The molecule has 1 aromatic carbocycles. The first-order chi connectivity index (χ1) is 10.4. The van der Waals surface area contributed by atoms with Crippen LogP contribution in [-0.4, -0.2) is 24.8 Å². The second kappa shape index (κ2) is 5.99. The zero-order valence-electron chi connectivity index (χ0n) is 12.2. The number of piperidine rings is 1. The van der Waals surface area contributed by atoms with Crippen LogP contribution in [0.25, 0.3) is 0 Å². The van der Waals surface area contributed by atoms with Crippen LogP contribution in [0.4, 0.5) is 14.5 Å². The number of allylic oxidation sites excluding steroid dienone is 2. The molecular formula is C17H18ClF2NO. The van der Waals surface area contributed by atoms with E-state index in [1.54, 1.807) is 6.08 Å². The minimum atomic E-state index is -2.53. The number of nitrogens with zero attached hydrogens (tertiary/aromatic N) is 1. The number of carbonyl (C=O) groups is 1. The summed E-state index contributed by atoms with van der Waals surface area (Å²) in [6.45, 7) is 0.729. The summed E-state index contributed by atoms with van der Waals surface area (Å²) >= 11 is 6.04. The number of hydrogen-bond acceptors (Lipinski definition) is 2. The maximum Gasteiger partial charge on any atom is 0.251 e. The van der Waals surface area contributed by atoms with Gasteiger partial charge in [-0.2, -0.15) is 0 Å². The van der Waals surface area contributed by atoms with E-state index in [-0.39, 0.29) is 24.5 Å². The number of hydrogen-bond donors (Lipinski definition) is 0. The van der Waals surface area contributed by atoms with Gasteiger partial charge in [-0.3, -0.25) is 4.79 Å². The molecule has 1 fully saturated rings. The Morgan fingerprint density at radius 2 is 1.77 bits per heavy atom. The third-order valence-corrected chi connectivity index (χ3v) is 4.78. The van der Waals surface area contributed by atoms with Crippen LogP contribution in [0, 0.1) is 0 Å². The van der Waals surface area contributed by atoms with E-state index in [1.807, 2.05) is 29.2 Å². The molecule has 2 nitrogen and oxygen atoms in total. The first-order valence-corrected chi connectivity index (χ1v) is 7.92. The van der Waals surface area contributed by atoms with Crippen LogP contribution in [0.2, 0.25) is 0 Å². The first-order valence-electron chi connectivity index (χ1n) is 7.55. The number of rotatable bonds is 2. The highest BCUT2D eigenvalue weighted by molar-refractivity contribution is 6.30. The number of ketones is 1. The third-order valence-electron chi connectivity index (χ3n) is 4.47. The Morgan fingerprint density at radius 3 is 2.41 bits per heavy atom. The number of Topliss-reactive ketones (excluding diaryl/α,β-unsaturated/α-hetero) is 1. The first kappa shape index (κ1) is 15.5. The van der Waals surface area contributed by atoms with Crippen molar-refractivity contribution in [2.24, 2.45) is 0 Å². The molecule has 0 aromatic heterocycles. The fourth-order valence-corrected chi connectivity index (χ4v) is 3.29. The van der Waals surface area contributed by atoms with Gasteiger partial charge in [0.2, 0.25) is 0 Å². The summed E-state index contributed by atoms with van der Waals surface area (Å²) in [5.41, 5.74) is 1.88. The van der Waals surface area contributed by atoms with Crippen molar-refractivity contribution < 1.29 is 13.6 Å². The standard InChI is InChI=1S/C17H18ClF2NO/c18-13-3-6-16(22)15(11-13)12-1-4-14(5-2-12)21-9-7-17(19,20)8-10-21/h1-5,15H,6-11H2. The lowest BCUT2D eigenvalue weighted by Gasteiger charge is -2.33. The molecule has 3 rings (SSSR count). The second-order valence-electron chi connectivity index (χ2n) is 6.01. The van der Waals surface area contributed by atoms with Crippen LogP contribution in [0.15, 0.2) is 35.4 Å². The quantitative estimate of drug-likeness (QED) is 0.798. The highest BCUT2D eigenvalue weighted by Gasteiger charge is 2.34. The van der Waals surface area contributed by atoms with Crippen LogP contribution < -0.4 is 4.90 Å². The van der Waals surface area contributed by atoms with E-state index in [0.717, 1.165) is 16.3 Å². The van der Waals surface area contributed by atoms with Crippen molar-refractivity contribution in [1.29, 1.82) is 0 Å². The van der Waals surface area contributed by atoms with Crippen molar-refractivity contribution in [2.75, 3.05) is 18.0 Å². The smallest absolute Gasteiger partial charge is 0.251 e. The number of benzene rings is 1. The molecule has 1 atom stereocenters. The molecule has 1 unspecified atom stereocenters. The van der Waals surface area contributed by atoms with E-state index >= 15 is 0 Å². The Hall–Kier alpha value is -1.42. The van der Waals surface area contributed by atoms with Crippen LogP contribution in [0.3, 0.4) is 0 Å². The van der Waals surface area contributed by atoms with Gasteiger partial charge in [-0.25, -0.2) is 8.78 Å². The van der Waals surface area contributed by atoms with Gasteiger partial charge in [-0.1, -0.05) is 29.8 Å². The lowest BCUT2D eigenvalue weighted by Crippen LogP contribution is -2.39. The van der Waals surface area contributed by atoms with Gasteiger partial charge in [0.25, 0.3) is 5.92 Å². The Labute approximate surface area is 133 Å². The summed E-state index contributed by atoms with van der Waals surface area (Å²) in [4.78, 5) is 14.0.